The van der Waals surface area contributed by atoms with Crippen molar-refractivity contribution in [1.82, 2.24) is 0 Å². The quantitative estimate of drug-likeness (QED) is 0.170. The molecule has 0 fully saturated rings. The molecule has 9 N–H and O–H groups in total. The summed E-state index contributed by atoms with van der Waals surface area (Å²) in [7, 11) is 0. The first-order valence-electron chi connectivity index (χ1n) is 4.30. The molecule has 0 atom stereocenters. The molecule has 0 aromatic heterocycles. The first kappa shape index (κ1) is 11.5. The maximum atomic E-state index is 5.20. The van der Waals surface area contributed by atoms with Gasteiger partial charge < -0.3 is 11.5 Å². The van der Waals surface area contributed by atoms with Gasteiger partial charge in [-0.1, -0.05) is 0 Å². The highest BCUT2D eigenvalue weighted by atomic mass is 15.0. The molecule has 0 aliphatic heterocycles. The molecule has 13 heavy (non-hydrogen) atoms. The van der Waals surface area contributed by atoms with E-state index >= 15 is 0 Å². The van der Waals surface area contributed by atoms with Crippen molar-refractivity contribution < 1.29 is 4.99 Å². The second kappa shape index (κ2) is 7.20. The summed E-state index contributed by atoms with van der Waals surface area (Å²) in [5, 5.41) is 0. The fourth-order valence-corrected chi connectivity index (χ4v) is 0.854. The molecule has 6 heteroatoms. The van der Waals surface area contributed by atoms with Crippen molar-refractivity contribution in [2.24, 2.45) is 27.9 Å². The first-order valence-corrected chi connectivity index (χ1v) is 4.30. The molecular formula is C7H19N6+. The lowest BCUT2D eigenvalue weighted by molar-refractivity contribution is -0.459. The lowest BCUT2D eigenvalue weighted by Crippen LogP contribution is -2.78. The third-order valence-electron chi connectivity index (χ3n) is 1.46. The third-order valence-corrected chi connectivity index (χ3v) is 1.46. The molecule has 0 unspecified atom stereocenters. The smallest absolute Gasteiger partial charge is 0.338 e. The van der Waals surface area contributed by atoms with Crippen molar-refractivity contribution in [2.75, 3.05) is 13.1 Å². The number of hydrogen-bond acceptors (Lipinski definition) is 1. The van der Waals surface area contributed by atoms with Gasteiger partial charge in [-0.3, -0.25) is 21.5 Å². The second-order valence-corrected chi connectivity index (χ2v) is 2.75. The van der Waals surface area contributed by atoms with E-state index in [0.717, 1.165) is 25.8 Å². The van der Waals surface area contributed by atoms with E-state index in [1.165, 1.54) is 0 Å². The van der Waals surface area contributed by atoms with E-state index in [1.807, 2.05) is 0 Å². The highest BCUT2D eigenvalue weighted by molar-refractivity contribution is 5.75. The van der Waals surface area contributed by atoms with Crippen LogP contribution in [0.2, 0.25) is 0 Å². The molecule has 0 rings (SSSR count). The van der Waals surface area contributed by atoms with Crippen LogP contribution in [-0.2, 0) is 0 Å². The Bertz CT molecular complexity index is 157. The van der Waals surface area contributed by atoms with Crippen LogP contribution in [0.25, 0.3) is 0 Å². The third kappa shape index (κ3) is 10.5. The summed E-state index contributed by atoms with van der Waals surface area (Å²) in [5.74, 6) is 0.418. The summed E-state index contributed by atoms with van der Waals surface area (Å²) in [6.07, 6.45) is 3.04. The molecule has 0 spiro atoms. The largest absolute Gasteiger partial charge is 0.370 e. The van der Waals surface area contributed by atoms with Gasteiger partial charge in [-0.25, -0.2) is 0 Å². The van der Waals surface area contributed by atoms with Crippen LogP contribution in [0.5, 0.6) is 0 Å². The van der Waals surface area contributed by atoms with E-state index in [2.05, 4.69) is 9.98 Å². The zero-order chi connectivity index (χ0) is 10.1. The van der Waals surface area contributed by atoms with Crippen LogP contribution < -0.4 is 27.9 Å². The zero-order valence-electron chi connectivity index (χ0n) is 7.79. The summed E-state index contributed by atoms with van der Waals surface area (Å²) in [6.45, 7) is 1.48. The minimum atomic E-state index is 0.151. The van der Waals surface area contributed by atoms with Gasteiger partial charge in [0.1, 0.15) is 0 Å². The fraction of sp³-hybridized carbons (Fsp3) is 0.714. The van der Waals surface area contributed by atoms with Gasteiger partial charge in [0.05, 0.1) is 6.54 Å². The van der Waals surface area contributed by atoms with Gasteiger partial charge in [-0.05, 0) is 19.3 Å². The number of hydrogen-bond donors (Lipinski definition) is 5. The lowest BCUT2D eigenvalue weighted by Gasteiger charge is -1.95. The molecule has 0 heterocycles. The molecule has 0 radical (unpaired) electrons. The van der Waals surface area contributed by atoms with E-state index in [9.17, 15) is 0 Å². The topological polar surface area (TPSA) is 130 Å². The number of unbranched alkanes of at least 4 members (excludes halogenated alkanes) is 2. The van der Waals surface area contributed by atoms with Gasteiger partial charge in [0.25, 0.3) is 0 Å². The number of nitrogens with zero attached hydrogens (tertiary/aromatic N) is 1. The lowest BCUT2D eigenvalue weighted by atomic mass is 10.2. The summed E-state index contributed by atoms with van der Waals surface area (Å²) in [6, 6.07) is 0. The van der Waals surface area contributed by atoms with Crippen LogP contribution in [0.15, 0.2) is 4.99 Å². The fourth-order valence-electron chi connectivity index (χ4n) is 0.854. The van der Waals surface area contributed by atoms with Crippen LogP contribution in [0.3, 0.4) is 0 Å². The number of aliphatic imine (C=N–C) groups is 1. The Hall–Kier alpha value is -1.46. The molecule has 76 valence electrons. The minimum absolute atomic E-state index is 0.151. The highest BCUT2D eigenvalue weighted by Gasteiger charge is 1.89. The molecule has 0 bridgehead atoms. The van der Waals surface area contributed by atoms with Crippen LogP contribution in [0, 0.1) is 0 Å². The Morgan fingerprint density at radius 2 is 1.69 bits per heavy atom. The number of guanidine groups is 2. The average Bonchev–Trinajstić information content (AvgIpc) is 2.01. The molecular weight excluding hydrogens is 168 g/mol. The monoisotopic (exact) mass is 187 g/mol. The van der Waals surface area contributed by atoms with Gasteiger partial charge in [-0.15, -0.1) is 0 Å². The molecule has 6 nitrogen and oxygen atoms in total. The Morgan fingerprint density at radius 3 is 2.23 bits per heavy atom. The molecule has 0 amide bonds. The predicted octanol–water partition coefficient (Wildman–Crippen LogP) is -3.22. The van der Waals surface area contributed by atoms with Gasteiger partial charge >= 0.3 is 5.96 Å². The van der Waals surface area contributed by atoms with Crippen LogP contribution >= 0.6 is 0 Å². The SMILES string of the molecule is NC(N)=NCCCCC[NH+]=C(N)N. The Balaban J connectivity index is 3.18. The van der Waals surface area contributed by atoms with Gasteiger partial charge in [0, 0.05) is 6.54 Å². The van der Waals surface area contributed by atoms with Crippen LogP contribution in [0.4, 0.5) is 0 Å². The summed E-state index contributed by atoms with van der Waals surface area (Å²) in [5.41, 5.74) is 20.7. The van der Waals surface area contributed by atoms with Crippen molar-refractivity contribution >= 4 is 11.9 Å². The van der Waals surface area contributed by atoms with Crippen molar-refractivity contribution in [1.29, 1.82) is 0 Å². The highest BCUT2D eigenvalue weighted by Crippen LogP contribution is 1.92. The van der Waals surface area contributed by atoms with Gasteiger partial charge in [0.2, 0.25) is 0 Å². The predicted molar refractivity (Wildman–Crippen MR) is 53.7 cm³/mol. The number of nitrogens with two attached hydrogens (primary N) is 4. The van der Waals surface area contributed by atoms with Crippen molar-refractivity contribution in [3.63, 3.8) is 0 Å². The number of nitrogens with one attached hydrogen (secondary N) is 1. The van der Waals surface area contributed by atoms with E-state index in [-0.39, 0.29) is 11.9 Å². The maximum absolute atomic E-state index is 5.20. The van der Waals surface area contributed by atoms with Crippen LogP contribution in [-0.4, -0.2) is 25.0 Å². The van der Waals surface area contributed by atoms with Crippen molar-refractivity contribution in [3.8, 4) is 0 Å². The van der Waals surface area contributed by atoms with Crippen LogP contribution in [0.1, 0.15) is 19.3 Å². The van der Waals surface area contributed by atoms with E-state index < -0.39 is 0 Å². The Morgan fingerprint density at radius 1 is 1.00 bits per heavy atom. The molecule has 0 aliphatic rings. The average molecular weight is 187 g/mol. The molecule has 0 saturated carbocycles. The van der Waals surface area contributed by atoms with Crippen molar-refractivity contribution in [2.45, 2.75) is 19.3 Å². The molecule has 0 aliphatic carbocycles. The molecule has 0 aromatic rings. The second-order valence-electron chi connectivity index (χ2n) is 2.75. The summed E-state index contributed by atoms with van der Waals surface area (Å²) >= 11 is 0. The molecule has 0 saturated heterocycles. The van der Waals surface area contributed by atoms with E-state index in [4.69, 9.17) is 22.9 Å². The Labute approximate surface area is 78.1 Å². The normalized spacial score (nSPS) is 9.23. The number of rotatable bonds is 6. The molecule has 0 aromatic carbocycles. The van der Waals surface area contributed by atoms with Gasteiger partial charge in [0.15, 0.2) is 5.96 Å². The van der Waals surface area contributed by atoms with E-state index in [0.29, 0.717) is 6.54 Å². The first-order chi connectivity index (χ1) is 6.13. The van der Waals surface area contributed by atoms with E-state index in [1.54, 1.807) is 0 Å². The maximum Gasteiger partial charge on any atom is 0.338 e. The zero-order valence-corrected chi connectivity index (χ0v) is 7.79. The summed E-state index contributed by atoms with van der Waals surface area (Å²) < 4.78 is 0. The minimum Gasteiger partial charge on any atom is -0.370 e. The van der Waals surface area contributed by atoms with Gasteiger partial charge in [-0.2, -0.15) is 0 Å². The van der Waals surface area contributed by atoms with Crippen molar-refractivity contribution in [3.05, 3.63) is 0 Å². The summed E-state index contributed by atoms with van der Waals surface area (Å²) in [4.78, 5) is 6.69. The standard InChI is InChI=1S/C7H18N6/c8-6(9)12-4-2-1-3-5-13-7(10)11/h1-5H2,(H4,8,9,12)(H4,10,11,13)/p+1. The Kier molecular flexibility index (Phi) is 6.39.